The van der Waals surface area contributed by atoms with E-state index >= 15 is 0 Å². The number of rotatable bonds is 2. The van der Waals surface area contributed by atoms with Gasteiger partial charge in [-0.25, -0.2) is 4.79 Å². The van der Waals surface area contributed by atoms with E-state index < -0.39 is 0 Å². The zero-order valence-corrected chi connectivity index (χ0v) is 12.1. The van der Waals surface area contributed by atoms with Crippen molar-refractivity contribution in [3.8, 4) is 0 Å². The van der Waals surface area contributed by atoms with E-state index in [0.717, 1.165) is 31.6 Å². The second kappa shape index (κ2) is 5.83. The van der Waals surface area contributed by atoms with Crippen molar-refractivity contribution >= 4 is 11.7 Å². The molecule has 0 spiro atoms. The molecule has 4 nitrogen and oxygen atoms in total. The number of fused-ring (bicyclic) bond motifs is 1. The highest BCUT2D eigenvalue weighted by atomic mass is 16.2. The Balaban J connectivity index is 1.63. The SMILES string of the molecule is CN1Cc2cccc(NC(=O)NC3CCCCC3)c2C1. The number of hydrogen-bond donors (Lipinski definition) is 2. The van der Waals surface area contributed by atoms with Crippen molar-refractivity contribution in [2.24, 2.45) is 0 Å². The van der Waals surface area contributed by atoms with Gasteiger partial charge in [0.1, 0.15) is 0 Å². The minimum absolute atomic E-state index is 0.0557. The number of hydrogen-bond acceptors (Lipinski definition) is 2. The van der Waals surface area contributed by atoms with Crippen LogP contribution in [-0.2, 0) is 13.1 Å². The van der Waals surface area contributed by atoms with Gasteiger partial charge in [-0.3, -0.25) is 4.90 Å². The van der Waals surface area contributed by atoms with Crippen LogP contribution < -0.4 is 10.6 Å². The molecule has 20 heavy (non-hydrogen) atoms. The van der Waals surface area contributed by atoms with Crippen LogP contribution in [0.4, 0.5) is 10.5 Å². The van der Waals surface area contributed by atoms with Crippen molar-refractivity contribution in [1.29, 1.82) is 0 Å². The van der Waals surface area contributed by atoms with E-state index in [1.807, 2.05) is 12.1 Å². The fourth-order valence-electron chi connectivity index (χ4n) is 3.29. The maximum Gasteiger partial charge on any atom is 0.319 e. The molecule has 1 aromatic rings. The minimum Gasteiger partial charge on any atom is -0.335 e. The van der Waals surface area contributed by atoms with E-state index in [2.05, 4.69) is 28.6 Å². The van der Waals surface area contributed by atoms with Crippen LogP contribution in [0.3, 0.4) is 0 Å². The van der Waals surface area contributed by atoms with Crippen LogP contribution in [-0.4, -0.2) is 24.0 Å². The summed E-state index contributed by atoms with van der Waals surface area (Å²) in [5.74, 6) is 0. The molecular formula is C16H23N3O. The van der Waals surface area contributed by atoms with Crippen molar-refractivity contribution in [1.82, 2.24) is 10.2 Å². The lowest BCUT2D eigenvalue weighted by Crippen LogP contribution is -2.39. The number of carbonyl (C=O) groups is 1. The van der Waals surface area contributed by atoms with Gasteiger partial charge in [-0.05, 0) is 37.1 Å². The molecule has 1 aliphatic carbocycles. The normalized spacial score (nSPS) is 19.6. The second-order valence-electron chi connectivity index (χ2n) is 6.05. The topological polar surface area (TPSA) is 44.4 Å². The first kappa shape index (κ1) is 13.4. The Hall–Kier alpha value is -1.55. The van der Waals surface area contributed by atoms with E-state index in [1.165, 1.54) is 30.4 Å². The highest BCUT2D eigenvalue weighted by Crippen LogP contribution is 2.28. The third-order valence-corrected chi connectivity index (χ3v) is 4.33. The first-order valence-corrected chi connectivity index (χ1v) is 7.59. The molecule has 3 rings (SSSR count). The Morgan fingerprint density at radius 2 is 2.00 bits per heavy atom. The number of amides is 2. The first-order chi connectivity index (χ1) is 9.72. The van der Waals surface area contributed by atoms with Crippen LogP contribution in [0.5, 0.6) is 0 Å². The fourth-order valence-corrected chi connectivity index (χ4v) is 3.29. The molecule has 0 unspecified atom stereocenters. The highest BCUT2D eigenvalue weighted by Gasteiger charge is 2.20. The smallest absolute Gasteiger partial charge is 0.319 e. The predicted octanol–water partition coefficient (Wildman–Crippen LogP) is 3.09. The standard InChI is InChI=1S/C16H23N3O/c1-19-10-12-6-5-9-15(14(12)11-19)18-16(20)17-13-7-3-2-4-8-13/h5-6,9,13H,2-4,7-8,10-11H2,1H3,(H2,17,18,20). The van der Waals surface area contributed by atoms with Gasteiger partial charge in [0.15, 0.2) is 0 Å². The molecule has 2 N–H and O–H groups in total. The number of carbonyl (C=O) groups excluding carboxylic acids is 1. The van der Waals surface area contributed by atoms with E-state index in [-0.39, 0.29) is 6.03 Å². The van der Waals surface area contributed by atoms with E-state index in [0.29, 0.717) is 6.04 Å². The largest absolute Gasteiger partial charge is 0.335 e. The average molecular weight is 273 g/mol. The molecule has 1 aliphatic heterocycles. The van der Waals surface area contributed by atoms with Crippen molar-refractivity contribution in [2.45, 2.75) is 51.2 Å². The average Bonchev–Trinajstić information content (AvgIpc) is 2.81. The lowest BCUT2D eigenvalue weighted by atomic mass is 9.96. The molecule has 0 radical (unpaired) electrons. The molecule has 0 bridgehead atoms. The monoisotopic (exact) mass is 273 g/mol. The minimum atomic E-state index is -0.0557. The Morgan fingerprint density at radius 3 is 2.80 bits per heavy atom. The molecule has 1 saturated carbocycles. The molecule has 0 aromatic heterocycles. The Labute approximate surface area is 120 Å². The van der Waals surface area contributed by atoms with Crippen LogP contribution in [0, 0.1) is 0 Å². The van der Waals surface area contributed by atoms with Gasteiger partial charge in [-0.15, -0.1) is 0 Å². The number of urea groups is 1. The molecule has 1 fully saturated rings. The number of nitrogens with zero attached hydrogens (tertiary/aromatic N) is 1. The van der Waals surface area contributed by atoms with Gasteiger partial charge < -0.3 is 10.6 Å². The highest BCUT2D eigenvalue weighted by molar-refractivity contribution is 5.90. The summed E-state index contributed by atoms with van der Waals surface area (Å²) >= 11 is 0. The summed E-state index contributed by atoms with van der Waals surface area (Å²) in [6, 6.07) is 6.46. The summed E-state index contributed by atoms with van der Waals surface area (Å²) in [5.41, 5.74) is 3.54. The third kappa shape index (κ3) is 2.96. The van der Waals surface area contributed by atoms with Crippen molar-refractivity contribution in [3.05, 3.63) is 29.3 Å². The lowest BCUT2D eigenvalue weighted by molar-refractivity contribution is 0.244. The predicted molar refractivity (Wildman–Crippen MR) is 80.6 cm³/mol. The van der Waals surface area contributed by atoms with Crippen LogP contribution in [0.2, 0.25) is 0 Å². The Bertz CT molecular complexity index is 494. The van der Waals surface area contributed by atoms with Crippen LogP contribution in [0.1, 0.15) is 43.2 Å². The van der Waals surface area contributed by atoms with Gasteiger partial charge in [-0.2, -0.15) is 0 Å². The van der Waals surface area contributed by atoms with E-state index in [9.17, 15) is 4.79 Å². The first-order valence-electron chi connectivity index (χ1n) is 7.59. The Morgan fingerprint density at radius 1 is 1.20 bits per heavy atom. The molecular weight excluding hydrogens is 250 g/mol. The second-order valence-corrected chi connectivity index (χ2v) is 6.05. The maximum absolute atomic E-state index is 12.1. The number of nitrogens with one attached hydrogen (secondary N) is 2. The fraction of sp³-hybridized carbons (Fsp3) is 0.562. The lowest BCUT2D eigenvalue weighted by Gasteiger charge is -2.23. The van der Waals surface area contributed by atoms with Gasteiger partial charge in [0.25, 0.3) is 0 Å². The summed E-state index contributed by atoms with van der Waals surface area (Å²) in [4.78, 5) is 14.4. The van der Waals surface area contributed by atoms with Gasteiger partial charge >= 0.3 is 6.03 Å². The zero-order chi connectivity index (χ0) is 13.9. The summed E-state index contributed by atoms with van der Waals surface area (Å²) in [6.45, 7) is 1.88. The van der Waals surface area contributed by atoms with E-state index in [4.69, 9.17) is 0 Å². The maximum atomic E-state index is 12.1. The molecule has 1 aromatic carbocycles. The van der Waals surface area contributed by atoms with Crippen LogP contribution >= 0.6 is 0 Å². The summed E-state index contributed by atoms with van der Waals surface area (Å²) < 4.78 is 0. The van der Waals surface area contributed by atoms with Crippen molar-refractivity contribution in [3.63, 3.8) is 0 Å². The van der Waals surface area contributed by atoms with Crippen LogP contribution in [0.15, 0.2) is 18.2 Å². The summed E-state index contributed by atoms with van der Waals surface area (Å²) in [6.07, 6.45) is 6.00. The van der Waals surface area contributed by atoms with Gasteiger partial charge in [0.2, 0.25) is 0 Å². The zero-order valence-electron chi connectivity index (χ0n) is 12.1. The summed E-state index contributed by atoms with van der Waals surface area (Å²) in [5, 5.41) is 6.14. The Kier molecular flexibility index (Phi) is 3.92. The van der Waals surface area contributed by atoms with Crippen LogP contribution in [0.25, 0.3) is 0 Å². The molecule has 2 amide bonds. The quantitative estimate of drug-likeness (QED) is 0.869. The number of anilines is 1. The molecule has 2 aliphatic rings. The van der Waals surface area contributed by atoms with Gasteiger partial charge in [0.05, 0.1) is 0 Å². The molecule has 108 valence electrons. The summed E-state index contributed by atoms with van der Waals surface area (Å²) in [7, 11) is 2.10. The third-order valence-electron chi connectivity index (χ3n) is 4.33. The molecule has 1 heterocycles. The van der Waals surface area contributed by atoms with E-state index in [1.54, 1.807) is 0 Å². The van der Waals surface area contributed by atoms with Crippen molar-refractivity contribution in [2.75, 3.05) is 12.4 Å². The van der Waals surface area contributed by atoms with Gasteiger partial charge in [0, 0.05) is 24.8 Å². The molecule has 0 atom stereocenters. The van der Waals surface area contributed by atoms with Gasteiger partial charge in [-0.1, -0.05) is 31.4 Å². The molecule has 0 saturated heterocycles. The number of benzene rings is 1. The molecule has 4 heteroatoms. The van der Waals surface area contributed by atoms with Crippen molar-refractivity contribution < 1.29 is 4.79 Å².